The Kier molecular flexibility index (Phi) is 7.11. The van der Waals surface area contributed by atoms with Crippen LogP contribution in [0.25, 0.3) is 0 Å². The third-order valence-electron chi connectivity index (χ3n) is 4.91. The van der Waals surface area contributed by atoms with E-state index in [9.17, 15) is 0 Å². The van der Waals surface area contributed by atoms with E-state index in [0.717, 1.165) is 70.7 Å². The van der Waals surface area contributed by atoms with Crippen LogP contribution in [0.4, 0.5) is 0 Å². The van der Waals surface area contributed by atoms with Gasteiger partial charge in [0.2, 0.25) is 0 Å². The van der Waals surface area contributed by atoms with Crippen molar-refractivity contribution in [2.45, 2.75) is 32.3 Å². The van der Waals surface area contributed by atoms with Crippen molar-refractivity contribution in [2.24, 2.45) is 10.9 Å². The molecule has 0 saturated carbocycles. The van der Waals surface area contributed by atoms with Crippen molar-refractivity contribution in [3.8, 4) is 0 Å². The van der Waals surface area contributed by atoms with Gasteiger partial charge in [-0.05, 0) is 5.92 Å². The first-order valence-electron chi connectivity index (χ1n) is 8.89. The van der Waals surface area contributed by atoms with Gasteiger partial charge in [0.25, 0.3) is 0 Å². The van der Waals surface area contributed by atoms with Gasteiger partial charge in [0.15, 0.2) is 5.96 Å². The highest BCUT2D eigenvalue weighted by Gasteiger charge is 2.33. The first-order valence-corrected chi connectivity index (χ1v) is 8.89. The summed E-state index contributed by atoms with van der Waals surface area (Å²) in [7, 11) is 3.67. The largest absolute Gasteiger partial charge is 0.381 e. The fourth-order valence-electron chi connectivity index (χ4n) is 3.43. The molecule has 0 aromatic heterocycles. The predicted molar refractivity (Wildman–Crippen MR) is 94.0 cm³/mol. The number of rotatable bonds is 5. The number of nitrogens with one attached hydrogen (secondary N) is 1. The average Bonchev–Trinajstić information content (AvgIpc) is 2.57. The Balaban J connectivity index is 1.81. The monoisotopic (exact) mass is 326 g/mol. The number of aliphatic imine (C=N–C) groups is 1. The summed E-state index contributed by atoms with van der Waals surface area (Å²) in [6, 6.07) is 0. The van der Waals surface area contributed by atoms with Crippen LogP contribution < -0.4 is 5.32 Å². The molecule has 6 heteroatoms. The van der Waals surface area contributed by atoms with Crippen molar-refractivity contribution in [2.75, 3.05) is 66.6 Å². The van der Waals surface area contributed by atoms with Crippen LogP contribution in [0.5, 0.6) is 0 Å². The number of hydrogen-bond donors (Lipinski definition) is 1. The number of piperazine rings is 1. The van der Waals surface area contributed by atoms with Crippen molar-refractivity contribution in [1.29, 1.82) is 0 Å². The molecule has 2 fully saturated rings. The molecule has 2 saturated heterocycles. The smallest absolute Gasteiger partial charge is 0.193 e. The molecule has 0 amide bonds. The molecule has 6 nitrogen and oxygen atoms in total. The number of nitrogens with zero attached hydrogens (tertiary/aromatic N) is 3. The van der Waals surface area contributed by atoms with E-state index in [1.165, 1.54) is 6.54 Å². The first kappa shape index (κ1) is 18.5. The van der Waals surface area contributed by atoms with Crippen LogP contribution in [0, 0.1) is 5.92 Å². The SMILES string of the molecule is CN=C(NCC1(OC)CCOCC1)N1CCN(CC(C)C)CC1. The Labute approximate surface area is 141 Å². The van der Waals surface area contributed by atoms with Gasteiger partial charge in [-0.15, -0.1) is 0 Å². The average molecular weight is 326 g/mol. The lowest BCUT2D eigenvalue weighted by Crippen LogP contribution is -2.56. The lowest BCUT2D eigenvalue weighted by molar-refractivity contribution is -0.0858. The zero-order chi connectivity index (χ0) is 16.7. The topological polar surface area (TPSA) is 49.3 Å². The van der Waals surface area contributed by atoms with Gasteiger partial charge < -0.3 is 19.7 Å². The van der Waals surface area contributed by atoms with E-state index in [1.807, 2.05) is 7.05 Å². The normalized spacial score (nSPS) is 23.3. The fourth-order valence-corrected chi connectivity index (χ4v) is 3.43. The molecule has 1 N–H and O–H groups in total. The minimum absolute atomic E-state index is 0.117. The number of methoxy groups -OCH3 is 1. The maximum absolute atomic E-state index is 5.80. The van der Waals surface area contributed by atoms with E-state index in [4.69, 9.17) is 9.47 Å². The molecule has 0 bridgehead atoms. The van der Waals surface area contributed by atoms with Crippen LogP contribution in [0.3, 0.4) is 0 Å². The van der Waals surface area contributed by atoms with Crippen LogP contribution in [0.15, 0.2) is 4.99 Å². The van der Waals surface area contributed by atoms with Crippen LogP contribution in [0.1, 0.15) is 26.7 Å². The summed E-state index contributed by atoms with van der Waals surface area (Å²) >= 11 is 0. The first-order chi connectivity index (χ1) is 11.1. The molecule has 2 aliphatic heterocycles. The van der Waals surface area contributed by atoms with Crippen LogP contribution in [-0.2, 0) is 9.47 Å². The quantitative estimate of drug-likeness (QED) is 0.604. The van der Waals surface area contributed by atoms with Gasteiger partial charge in [-0.2, -0.15) is 0 Å². The molecule has 0 aromatic rings. The summed E-state index contributed by atoms with van der Waals surface area (Å²) in [5, 5.41) is 3.53. The fraction of sp³-hybridized carbons (Fsp3) is 0.941. The predicted octanol–water partition coefficient (Wildman–Crippen LogP) is 1.03. The van der Waals surface area contributed by atoms with Gasteiger partial charge >= 0.3 is 0 Å². The van der Waals surface area contributed by atoms with Gasteiger partial charge in [-0.3, -0.25) is 9.89 Å². The molecule has 0 aromatic carbocycles. The van der Waals surface area contributed by atoms with Crippen molar-refractivity contribution in [3.63, 3.8) is 0 Å². The molecular formula is C17H34N4O2. The second-order valence-electron chi connectivity index (χ2n) is 7.08. The van der Waals surface area contributed by atoms with E-state index in [2.05, 4.69) is 34.0 Å². The minimum atomic E-state index is -0.117. The van der Waals surface area contributed by atoms with E-state index in [-0.39, 0.29) is 5.60 Å². The van der Waals surface area contributed by atoms with Crippen LogP contribution >= 0.6 is 0 Å². The molecule has 2 heterocycles. The summed E-state index contributed by atoms with van der Waals surface area (Å²) in [6.07, 6.45) is 1.88. The number of guanidine groups is 1. The molecule has 0 radical (unpaired) electrons. The molecule has 0 atom stereocenters. The van der Waals surface area contributed by atoms with E-state index < -0.39 is 0 Å². The highest BCUT2D eigenvalue weighted by Crippen LogP contribution is 2.23. The van der Waals surface area contributed by atoms with Gasteiger partial charge in [-0.25, -0.2) is 0 Å². The van der Waals surface area contributed by atoms with Crippen molar-refractivity contribution in [3.05, 3.63) is 0 Å². The molecule has 0 aliphatic carbocycles. The summed E-state index contributed by atoms with van der Waals surface area (Å²) in [4.78, 5) is 9.38. The summed E-state index contributed by atoms with van der Waals surface area (Å²) < 4.78 is 11.3. The Morgan fingerprint density at radius 1 is 1.22 bits per heavy atom. The Bertz CT molecular complexity index is 373. The summed E-state index contributed by atoms with van der Waals surface area (Å²) in [5.41, 5.74) is -0.117. The molecular weight excluding hydrogens is 292 g/mol. The highest BCUT2D eigenvalue weighted by molar-refractivity contribution is 5.80. The third kappa shape index (κ3) is 5.33. The third-order valence-corrected chi connectivity index (χ3v) is 4.91. The maximum Gasteiger partial charge on any atom is 0.193 e. The molecule has 0 spiro atoms. The van der Waals surface area contributed by atoms with E-state index >= 15 is 0 Å². The number of hydrogen-bond acceptors (Lipinski definition) is 4. The summed E-state index contributed by atoms with van der Waals surface area (Å²) in [5.74, 6) is 1.73. The van der Waals surface area contributed by atoms with Crippen LogP contribution in [0.2, 0.25) is 0 Å². The Morgan fingerprint density at radius 2 is 1.87 bits per heavy atom. The van der Waals surface area contributed by atoms with Crippen molar-refractivity contribution < 1.29 is 9.47 Å². The van der Waals surface area contributed by atoms with Crippen molar-refractivity contribution in [1.82, 2.24) is 15.1 Å². The Hall–Kier alpha value is -0.850. The van der Waals surface area contributed by atoms with Gasteiger partial charge in [0.05, 0.1) is 5.60 Å². The van der Waals surface area contributed by atoms with Gasteiger partial charge in [0.1, 0.15) is 0 Å². The zero-order valence-electron chi connectivity index (χ0n) is 15.3. The molecule has 23 heavy (non-hydrogen) atoms. The Morgan fingerprint density at radius 3 is 2.39 bits per heavy atom. The standard InChI is InChI=1S/C17H34N4O2/c1-15(2)13-20-7-9-21(10-8-20)16(18-3)19-14-17(22-4)5-11-23-12-6-17/h15H,5-14H2,1-4H3,(H,18,19). The lowest BCUT2D eigenvalue weighted by atomic mass is 9.94. The van der Waals surface area contributed by atoms with E-state index in [1.54, 1.807) is 7.11 Å². The second-order valence-corrected chi connectivity index (χ2v) is 7.08. The second kappa shape index (κ2) is 8.85. The molecule has 2 aliphatic rings. The molecule has 0 unspecified atom stereocenters. The van der Waals surface area contributed by atoms with Crippen LogP contribution in [-0.4, -0.2) is 88.0 Å². The number of ether oxygens (including phenoxy) is 2. The maximum atomic E-state index is 5.80. The van der Waals surface area contributed by atoms with E-state index in [0.29, 0.717) is 0 Å². The molecule has 2 rings (SSSR count). The lowest BCUT2D eigenvalue weighted by Gasteiger charge is -2.40. The summed E-state index contributed by atoms with van der Waals surface area (Å²) in [6.45, 7) is 12.4. The van der Waals surface area contributed by atoms with Gasteiger partial charge in [0, 0.05) is 79.5 Å². The van der Waals surface area contributed by atoms with Gasteiger partial charge in [-0.1, -0.05) is 13.8 Å². The minimum Gasteiger partial charge on any atom is -0.381 e. The zero-order valence-corrected chi connectivity index (χ0v) is 15.3. The highest BCUT2D eigenvalue weighted by atomic mass is 16.5. The van der Waals surface area contributed by atoms with Crippen molar-refractivity contribution >= 4 is 5.96 Å². The molecule has 134 valence electrons.